The Labute approximate surface area is 126 Å². The smallest absolute Gasteiger partial charge is 0.251 e. The van der Waals surface area contributed by atoms with Crippen LogP contribution in [0.1, 0.15) is 43.5 Å². The summed E-state index contributed by atoms with van der Waals surface area (Å²) in [5.74, 6) is 0.732. The number of carbonyl (C=O) groups excluding carboxylic acids is 2. The zero-order valence-electron chi connectivity index (χ0n) is 12.8. The molecular weight excluding hydrogens is 264 g/mol. The third-order valence-electron chi connectivity index (χ3n) is 4.03. The van der Waals surface area contributed by atoms with Crippen molar-refractivity contribution in [1.82, 2.24) is 10.2 Å². The summed E-state index contributed by atoms with van der Waals surface area (Å²) in [6.45, 7) is 5.80. The van der Waals surface area contributed by atoms with E-state index in [1.165, 1.54) is 0 Å². The van der Waals surface area contributed by atoms with E-state index in [0.717, 1.165) is 25.9 Å². The van der Waals surface area contributed by atoms with Crippen LogP contribution in [-0.4, -0.2) is 35.8 Å². The Hall–Kier alpha value is -1.84. The van der Waals surface area contributed by atoms with E-state index >= 15 is 0 Å². The van der Waals surface area contributed by atoms with E-state index in [1.54, 1.807) is 12.1 Å². The van der Waals surface area contributed by atoms with E-state index in [0.29, 0.717) is 17.9 Å². The lowest BCUT2D eigenvalue weighted by molar-refractivity contribution is -0.132. The molecule has 1 aliphatic rings. The Bertz CT molecular complexity index is 479. The predicted molar refractivity (Wildman–Crippen MR) is 83.0 cm³/mol. The minimum Gasteiger partial charge on any atom is -0.349 e. The Morgan fingerprint density at radius 2 is 1.86 bits per heavy atom. The van der Waals surface area contributed by atoms with Crippen molar-refractivity contribution in [2.75, 3.05) is 13.1 Å². The van der Waals surface area contributed by atoms with Crippen LogP contribution < -0.4 is 5.32 Å². The summed E-state index contributed by atoms with van der Waals surface area (Å²) in [5.41, 5.74) is 0.628. The SMILES string of the molecule is CC1CCN(C(=O)C[C@@H](C)NC(=O)c2ccccc2)CC1. The van der Waals surface area contributed by atoms with Gasteiger partial charge in [0.25, 0.3) is 5.91 Å². The number of hydrogen-bond acceptors (Lipinski definition) is 2. The number of carbonyl (C=O) groups is 2. The van der Waals surface area contributed by atoms with Gasteiger partial charge in [-0.05, 0) is 37.8 Å². The summed E-state index contributed by atoms with van der Waals surface area (Å²) in [6.07, 6.45) is 2.53. The summed E-state index contributed by atoms with van der Waals surface area (Å²) < 4.78 is 0. The summed E-state index contributed by atoms with van der Waals surface area (Å²) in [4.78, 5) is 26.1. The van der Waals surface area contributed by atoms with Crippen LogP contribution in [-0.2, 0) is 4.79 Å². The number of piperidine rings is 1. The van der Waals surface area contributed by atoms with Gasteiger partial charge in [-0.3, -0.25) is 9.59 Å². The standard InChI is InChI=1S/C17H24N2O2/c1-13-8-10-19(11-9-13)16(20)12-14(2)18-17(21)15-6-4-3-5-7-15/h3-7,13-14H,8-12H2,1-2H3,(H,18,21)/t14-/m1/s1. The average Bonchev–Trinajstić information content (AvgIpc) is 2.48. The molecule has 0 aliphatic carbocycles. The van der Waals surface area contributed by atoms with E-state index in [-0.39, 0.29) is 17.9 Å². The molecule has 1 fully saturated rings. The lowest BCUT2D eigenvalue weighted by atomic mass is 9.99. The van der Waals surface area contributed by atoms with Crippen molar-refractivity contribution in [3.63, 3.8) is 0 Å². The first kappa shape index (κ1) is 15.5. The molecule has 1 atom stereocenters. The third kappa shape index (κ3) is 4.59. The molecule has 2 rings (SSSR count). The molecule has 0 saturated carbocycles. The van der Waals surface area contributed by atoms with Gasteiger partial charge in [-0.1, -0.05) is 25.1 Å². The Morgan fingerprint density at radius 1 is 1.24 bits per heavy atom. The first-order valence-electron chi connectivity index (χ1n) is 7.70. The lowest BCUT2D eigenvalue weighted by Crippen LogP contribution is -2.42. The van der Waals surface area contributed by atoms with Crippen LogP contribution in [0.25, 0.3) is 0 Å². The maximum Gasteiger partial charge on any atom is 0.251 e. The van der Waals surface area contributed by atoms with Gasteiger partial charge in [-0.15, -0.1) is 0 Å². The Balaban J connectivity index is 1.80. The molecule has 1 aromatic rings. The van der Waals surface area contributed by atoms with Crippen LogP contribution in [0, 0.1) is 5.92 Å². The highest BCUT2D eigenvalue weighted by atomic mass is 16.2. The molecule has 114 valence electrons. The number of nitrogens with zero attached hydrogens (tertiary/aromatic N) is 1. The molecule has 0 aromatic heterocycles. The van der Waals surface area contributed by atoms with Gasteiger partial charge >= 0.3 is 0 Å². The van der Waals surface area contributed by atoms with Crippen LogP contribution in [0.3, 0.4) is 0 Å². The van der Waals surface area contributed by atoms with E-state index in [9.17, 15) is 9.59 Å². The highest BCUT2D eigenvalue weighted by molar-refractivity contribution is 5.94. The molecule has 1 heterocycles. The number of rotatable bonds is 4. The number of likely N-dealkylation sites (tertiary alicyclic amines) is 1. The first-order chi connectivity index (χ1) is 10.1. The average molecular weight is 288 g/mol. The molecule has 1 aromatic carbocycles. The summed E-state index contributed by atoms with van der Waals surface area (Å²) in [7, 11) is 0. The maximum absolute atomic E-state index is 12.2. The number of hydrogen-bond donors (Lipinski definition) is 1. The fraction of sp³-hybridized carbons (Fsp3) is 0.529. The van der Waals surface area contributed by atoms with Crippen LogP contribution in [0.5, 0.6) is 0 Å². The largest absolute Gasteiger partial charge is 0.349 e. The van der Waals surface area contributed by atoms with Crippen molar-refractivity contribution >= 4 is 11.8 Å². The zero-order chi connectivity index (χ0) is 15.2. The zero-order valence-corrected chi connectivity index (χ0v) is 12.8. The summed E-state index contributed by atoms with van der Waals surface area (Å²) in [6, 6.07) is 8.94. The van der Waals surface area contributed by atoms with Gasteiger partial charge in [0.05, 0.1) is 0 Å². The van der Waals surface area contributed by atoms with Crippen LogP contribution in [0.15, 0.2) is 30.3 Å². The topological polar surface area (TPSA) is 49.4 Å². The minimum absolute atomic E-state index is 0.122. The summed E-state index contributed by atoms with van der Waals surface area (Å²) >= 11 is 0. The van der Waals surface area contributed by atoms with Crippen LogP contribution >= 0.6 is 0 Å². The van der Waals surface area contributed by atoms with E-state index in [4.69, 9.17) is 0 Å². The van der Waals surface area contributed by atoms with Crippen molar-refractivity contribution in [3.05, 3.63) is 35.9 Å². The van der Waals surface area contributed by atoms with Crippen molar-refractivity contribution in [1.29, 1.82) is 0 Å². The molecule has 0 radical (unpaired) electrons. The molecule has 0 spiro atoms. The van der Waals surface area contributed by atoms with E-state index in [1.807, 2.05) is 30.0 Å². The van der Waals surface area contributed by atoms with Crippen LogP contribution in [0.2, 0.25) is 0 Å². The van der Waals surface area contributed by atoms with Gasteiger partial charge in [-0.25, -0.2) is 0 Å². The van der Waals surface area contributed by atoms with Crippen molar-refractivity contribution < 1.29 is 9.59 Å². The molecule has 4 heteroatoms. The van der Waals surface area contributed by atoms with Gasteiger partial charge in [0.15, 0.2) is 0 Å². The van der Waals surface area contributed by atoms with Gasteiger partial charge in [0.1, 0.15) is 0 Å². The highest BCUT2D eigenvalue weighted by Crippen LogP contribution is 2.17. The molecule has 0 unspecified atom stereocenters. The second-order valence-corrected chi connectivity index (χ2v) is 6.01. The Morgan fingerprint density at radius 3 is 2.48 bits per heavy atom. The number of benzene rings is 1. The molecular formula is C17H24N2O2. The van der Waals surface area contributed by atoms with E-state index < -0.39 is 0 Å². The minimum atomic E-state index is -0.149. The third-order valence-corrected chi connectivity index (χ3v) is 4.03. The van der Waals surface area contributed by atoms with Gasteiger partial charge in [-0.2, -0.15) is 0 Å². The van der Waals surface area contributed by atoms with Gasteiger partial charge in [0, 0.05) is 31.1 Å². The quantitative estimate of drug-likeness (QED) is 0.925. The number of nitrogens with one attached hydrogen (secondary N) is 1. The Kier molecular flexibility index (Phi) is 5.37. The normalized spacial score (nSPS) is 17.3. The van der Waals surface area contributed by atoms with Crippen molar-refractivity contribution in [2.45, 2.75) is 39.2 Å². The monoisotopic (exact) mass is 288 g/mol. The molecule has 0 bridgehead atoms. The predicted octanol–water partition coefficient (Wildman–Crippen LogP) is 2.45. The second kappa shape index (κ2) is 7.25. The maximum atomic E-state index is 12.2. The lowest BCUT2D eigenvalue weighted by Gasteiger charge is -2.31. The van der Waals surface area contributed by atoms with Crippen molar-refractivity contribution in [2.24, 2.45) is 5.92 Å². The van der Waals surface area contributed by atoms with E-state index in [2.05, 4.69) is 12.2 Å². The van der Waals surface area contributed by atoms with Gasteiger partial charge in [0.2, 0.25) is 5.91 Å². The van der Waals surface area contributed by atoms with Crippen LogP contribution in [0.4, 0.5) is 0 Å². The molecule has 4 nitrogen and oxygen atoms in total. The van der Waals surface area contributed by atoms with Crippen molar-refractivity contribution in [3.8, 4) is 0 Å². The molecule has 1 N–H and O–H groups in total. The fourth-order valence-electron chi connectivity index (χ4n) is 2.60. The second-order valence-electron chi connectivity index (χ2n) is 6.01. The first-order valence-corrected chi connectivity index (χ1v) is 7.70. The molecule has 21 heavy (non-hydrogen) atoms. The highest BCUT2D eigenvalue weighted by Gasteiger charge is 2.22. The molecule has 2 amide bonds. The molecule has 1 saturated heterocycles. The van der Waals surface area contributed by atoms with Gasteiger partial charge < -0.3 is 10.2 Å². The molecule has 1 aliphatic heterocycles. The number of amides is 2. The fourth-order valence-corrected chi connectivity index (χ4v) is 2.60. The summed E-state index contributed by atoms with van der Waals surface area (Å²) in [5, 5.41) is 2.89.